The van der Waals surface area contributed by atoms with Crippen LogP contribution in [-0.4, -0.2) is 62.6 Å². The van der Waals surface area contributed by atoms with Gasteiger partial charge in [-0.05, 0) is 61.6 Å². The molecule has 0 saturated carbocycles. The van der Waals surface area contributed by atoms with E-state index in [0.717, 1.165) is 46.3 Å². The molecule has 0 aliphatic carbocycles. The van der Waals surface area contributed by atoms with Crippen LogP contribution in [0.2, 0.25) is 0 Å². The average Bonchev–Trinajstić information content (AvgIpc) is 3.38. The lowest BCUT2D eigenvalue weighted by Crippen LogP contribution is -2.41. The number of nitrogens with zero attached hydrogens (tertiary/aromatic N) is 5. The van der Waals surface area contributed by atoms with Crippen molar-refractivity contribution in [2.45, 2.75) is 46.1 Å². The molecule has 4 N–H and O–H groups in total. The minimum absolute atomic E-state index is 0.0992. The number of carbonyl (C=O) groups is 1. The highest BCUT2D eigenvalue weighted by Crippen LogP contribution is 2.33. The van der Waals surface area contributed by atoms with Crippen molar-refractivity contribution in [2.75, 3.05) is 25.5 Å². The molecule has 3 aromatic heterocycles. The van der Waals surface area contributed by atoms with Crippen LogP contribution < -0.4 is 15.8 Å². The number of aryl methyl sites for hydroxylation is 2. The first kappa shape index (κ1) is 27.0. The Labute approximate surface area is 233 Å². The Kier molecular flexibility index (Phi) is 7.59. The van der Waals surface area contributed by atoms with Crippen LogP contribution in [0.15, 0.2) is 53.9 Å². The van der Waals surface area contributed by atoms with Crippen LogP contribution in [0, 0.1) is 6.92 Å². The highest BCUT2D eigenvalue weighted by Gasteiger charge is 2.24. The zero-order valence-electron chi connectivity index (χ0n) is 23.3. The minimum Gasteiger partial charge on any atom is -0.508 e. The van der Waals surface area contributed by atoms with E-state index < -0.39 is 0 Å². The first-order valence-corrected chi connectivity index (χ1v) is 13.5. The molecule has 10 nitrogen and oxygen atoms in total. The number of anilines is 1. The van der Waals surface area contributed by atoms with Crippen molar-refractivity contribution in [1.82, 2.24) is 19.5 Å². The van der Waals surface area contributed by atoms with Gasteiger partial charge in [-0.25, -0.2) is 14.5 Å². The number of phenolic OH excluding ortho intramolecular Hbond substituents is 1. The summed E-state index contributed by atoms with van der Waals surface area (Å²) in [6, 6.07) is 9.22. The van der Waals surface area contributed by atoms with Gasteiger partial charge in [0.05, 0.1) is 35.8 Å². The number of phenols is 1. The second-order valence-electron chi connectivity index (χ2n) is 10.1. The fraction of sp³-hybridized carbons (Fsp3) is 0.333. The highest BCUT2D eigenvalue weighted by atomic mass is 16.5. The van der Waals surface area contributed by atoms with E-state index in [1.54, 1.807) is 44.6 Å². The van der Waals surface area contributed by atoms with E-state index in [1.807, 2.05) is 35.5 Å². The van der Waals surface area contributed by atoms with Gasteiger partial charge in [-0.15, -0.1) is 0 Å². The average molecular weight is 542 g/mol. The first-order valence-electron chi connectivity index (χ1n) is 13.5. The number of aromatic hydroxyl groups is 1. The number of piperidine rings is 1. The van der Waals surface area contributed by atoms with Gasteiger partial charge in [0.2, 0.25) is 11.8 Å². The highest BCUT2D eigenvalue weighted by molar-refractivity contribution is 6.06. The molecule has 5 rings (SSSR count). The molecule has 10 heteroatoms. The number of hydrogen-bond donors (Lipinski definition) is 3. The Morgan fingerprint density at radius 2 is 2.00 bits per heavy atom. The molecule has 4 aromatic rings. The molecule has 208 valence electrons. The molecular formula is C30H35N7O3. The topological polar surface area (TPSA) is 130 Å². The van der Waals surface area contributed by atoms with Gasteiger partial charge in [-0.3, -0.25) is 4.79 Å². The number of ether oxygens (including phenoxy) is 1. The molecule has 0 unspecified atom stereocenters. The van der Waals surface area contributed by atoms with Gasteiger partial charge in [0, 0.05) is 55.6 Å². The Hall–Kier alpha value is -4.60. The molecule has 1 aliphatic rings. The van der Waals surface area contributed by atoms with Crippen molar-refractivity contribution in [1.29, 1.82) is 0 Å². The van der Waals surface area contributed by atoms with E-state index >= 15 is 0 Å². The number of aromatic nitrogens is 3. The van der Waals surface area contributed by atoms with Crippen LogP contribution >= 0.6 is 0 Å². The predicted octanol–water partition coefficient (Wildman–Crippen LogP) is 4.44. The summed E-state index contributed by atoms with van der Waals surface area (Å²) in [6.45, 7) is 7.04. The number of fused-ring (bicyclic) bond motifs is 1. The summed E-state index contributed by atoms with van der Waals surface area (Å²) >= 11 is 0. The Balaban J connectivity index is 1.59. The number of hydrogen-bond acceptors (Lipinski definition) is 7. The molecule has 0 spiro atoms. The van der Waals surface area contributed by atoms with E-state index in [2.05, 4.69) is 21.5 Å². The van der Waals surface area contributed by atoms with E-state index in [4.69, 9.17) is 15.5 Å². The Morgan fingerprint density at radius 3 is 2.67 bits per heavy atom. The smallest absolute Gasteiger partial charge is 0.219 e. The van der Waals surface area contributed by atoms with Gasteiger partial charge in [0.25, 0.3) is 0 Å². The number of rotatable bonds is 7. The van der Waals surface area contributed by atoms with Gasteiger partial charge in [-0.1, -0.05) is 6.92 Å². The number of carbonyl (C=O) groups excluding carboxylic acids is 1. The number of benzene rings is 1. The molecule has 0 radical (unpaired) electrons. The lowest BCUT2D eigenvalue weighted by molar-refractivity contribution is -0.129. The zero-order chi connectivity index (χ0) is 28.4. The third-order valence-electron chi connectivity index (χ3n) is 7.49. The second-order valence-corrected chi connectivity index (χ2v) is 10.1. The van der Waals surface area contributed by atoms with Gasteiger partial charge in [-0.2, -0.15) is 5.10 Å². The van der Waals surface area contributed by atoms with Crippen molar-refractivity contribution < 1.29 is 14.6 Å². The fourth-order valence-corrected chi connectivity index (χ4v) is 5.19. The van der Waals surface area contributed by atoms with E-state index in [1.165, 1.54) is 0 Å². The van der Waals surface area contributed by atoms with Crippen molar-refractivity contribution in [2.24, 2.45) is 10.7 Å². The van der Waals surface area contributed by atoms with Crippen LogP contribution in [0.3, 0.4) is 0 Å². The second kappa shape index (κ2) is 11.3. The molecule has 1 amide bonds. The molecule has 4 heterocycles. The largest absolute Gasteiger partial charge is 0.508 e. The fourth-order valence-electron chi connectivity index (χ4n) is 5.19. The van der Waals surface area contributed by atoms with Gasteiger partial charge < -0.3 is 25.8 Å². The molecule has 1 aromatic carbocycles. The summed E-state index contributed by atoms with van der Waals surface area (Å²) in [7, 11) is 1.60. The van der Waals surface area contributed by atoms with E-state index in [0.29, 0.717) is 42.5 Å². The maximum absolute atomic E-state index is 11.9. The molecule has 1 saturated heterocycles. The zero-order valence-corrected chi connectivity index (χ0v) is 23.3. The molecular weight excluding hydrogens is 506 g/mol. The third kappa shape index (κ3) is 5.42. The number of pyridine rings is 1. The Bertz CT molecular complexity index is 1590. The molecule has 0 atom stereocenters. The molecule has 0 bridgehead atoms. The summed E-state index contributed by atoms with van der Waals surface area (Å²) in [5, 5.41) is 18.3. The van der Waals surface area contributed by atoms with Crippen molar-refractivity contribution in [3.05, 3.63) is 65.6 Å². The summed E-state index contributed by atoms with van der Waals surface area (Å²) in [6.07, 6.45) is 7.85. The number of likely N-dealkylation sites (tertiary alicyclic amines) is 1. The summed E-state index contributed by atoms with van der Waals surface area (Å²) in [4.78, 5) is 22.9. The number of amides is 1. The first-order chi connectivity index (χ1) is 19.3. The normalized spacial score (nSPS) is 14.5. The summed E-state index contributed by atoms with van der Waals surface area (Å²) < 4.78 is 7.11. The van der Waals surface area contributed by atoms with Gasteiger partial charge in [0.15, 0.2) is 0 Å². The monoisotopic (exact) mass is 541 g/mol. The SMILES string of the molecule is CCc1cc(O)ccc1N=C(N)c1cnn2cc(-c3cnc(OC)cc3C)cc2c1NC1CCN(C(C)=O)CC1. The summed E-state index contributed by atoms with van der Waals surface area (Å²) in [5.41, 5.74) is 13.6. The number of amidine groups is 1. The minimum atomic E-state index is 0.0992. The van der Waals surface area contributed by atoms with Crippen molar-refractivity contribution >= 4 is 28.6 Å². The van der Waals surface area contributed by atoms with Crippen molar-refractivity contribution in [3.63, 3.8) is 0 Å². The van der Waals surface area contributed by atoms with E-state index in [9.17, 15) is 9.90 Å². The quantitative estimate of drug-likeness (QED) is 0.233. The van der Waals surface area contributed by atoms with Crippen LogP contribution in [0.25, 0.3) is 16.6 Å². The Morgan fingerprint density at radius 1 is 1.23 bits per heavy atom. The maximum Gasteiger partial charge on any atom is 0.219 e. The predicted molar refractivity (Wildman–Crippen MR) is 156 cm³/mol. The molecule has 1 fully saturated rings. The lowest BCUT2D eigenvalue weighted by Gasteiger charge is -2.32. The third-order valence-corrected chi connectivity index (χ3v) is 7.49. The maximum atomic E-state index is 11.9. The van der Waals surface area contributed by atoms with Crippen LogP contribution in [0.5, 0.6) is 11.6 Å². The van der Waals surface area contributed by atoms with Gasteiger partial charge in [0.1, 0.15) is 11.6 Å². The number of methoxy groups -OCH3 is 1. The van der Waals surface area contributed by atoms with Crippen molar-refractivity contribution in [3.8, 4) is 22.8 Å². The number of nitrogens with one attached hydrogen (secondary N) is 1. The van der Waals surface area contributed by atoms with E-state index in [-0.39, 0.29) is 17.7 Å². The van der Waals surface area contributed by atoms with Crippen LogP contribution in [-0.2, 0) is 11.2 Å². The van der Waals surface area contributed by atoms with Gasteiger partial charge >= 0.3 is 0 Å². The number of nitrogens with two attached hydrogens (primary N) is 1. The standard InChI is InChI=1S/C30H35N7O3/c1-5-20-13-23(39)6-7-26(20)35-30(31)25-16-33-37-17-21(24-15-32-28(40-4)12-18(24)2)14-27(37)29(25)34-22-8-10-36(11-9-22)19(3)38/h6-7,12-17,22,34,39H,5,8-11H2,1-4H3,(H2,31,35). The summed E-state index contributed by atoms with van der Waals surface area (Å²) in [5.74, 6) is 1.18. The van der Waals surface area contributed by atoms with Crippen LogP contribution in [0.4, 0.5) is 11.4 Å². The molecule has 1 aliphatic heterocycles. The lowest BCUT2D eigenvalue weighted by atomic mass is 10.0. The van der Waals surface area contributed by atoms with Crippen LogP contribution in [0.1, 0.15) is 43.4 Å². The number of aliphatic imine (C=N–C) groups is 1. The molecule has 40 heavy (non-hydrogen) atoms.